The molecule has 34 heavy (non-hydrogen) atoms. The molecule has 3 amide bonds. The number of rotatable bonds is 9. The third-order valence-electron chi connectivity index (χ3n) is 6.45. The molecule has 0 radical (unpaired) electrons. The topological polar surface area (TPSA) is 88.2 Å². The number of benzene rings is 2. The number of imide groups is 1. The van der Waals surface area contributed by atoms with E-state index in [0.717, 1.165) is 49.5 Å². The number of carbonyl (C=O) groups excluding carboxylic acids is 3. The summed E-state index contributed by atoms with van der Waals surface area (Å²) in [5.74, 6) is -0.0560. The van der Waals surface area contributed by atoms with Gasteiger partial charge in [0.1, 0.15) is 18.4 Å². The predicted octanol–water partition coefficient (Wildman–Crippen LogP) is 2.17. The number of nitrogens with one attached hydrogen (secondary N) is 1. The second-order valence-corrected chi connectivity index (χ2v) is 8.74. The molecular weight excluding hydrogens is 434 g/mol. The molecule has 2 aromatic carbocycles. The van der Waals surface area contributed by atoms with Crippen LogP contribution in [0.25, 0.3) is 0 Å². The van der Waals surface area contributed by atoms with Crippen molar-refractivity contribution in [3.8, 4) is 5.75 Å². The van der Waals surface area contributed by atoms with E-state index in [-0.39, 0.29) is 18.9 Å². The van der Waals surface area contributed by atoms with Crippen LogP contribution >= 0.6 is 0 Å². The molecule has 2 saturated heterocycles. The van der Waals surface area contributed by atoms with Crippen LogP contribution in [0.5, 0.6) is 5.75 Å². The van der Waals surface area contributed by atoms with E-state index in [1.54, 1.807) is 0 Å². The fourth-order valence-electron chi connectivity index (χ4n) is 4.42. The van der Waals surface area contributed by atoms with Gasteiger partial charge in [0.15, 0.2) is 0 Å². The van der Waals surface area contributed by atoms with E-state index >= 15 is 0 Å². The minimum absolute atomic E-state index is 0.220. The summed E-state index contributed by atoms with van der Waals surface area (Å²) in [5.41, 5.74) is 4.15. The summed E-state index contributed by atoms with van der Waals surface area (Å²) in [6, 6.07) is 13.4. The van der Waals surface area contributed by atoms with Gasteiger partial charge in [-0.15, -0.1) is 0 Å². The van der Waals surface area contributed by atoms with Gasteiger partial charge in [0.05, 0.1) is 19.8 Å². The molecule has 4 rings (SSSR count). The van der Waals surface area contributed by atoms with Crippen LogP contribution in [-0.4, -0.2) is 60.4 Å². The molecule has 1 atom stereocenters. The molecular formula is C26H31N3O5. The Kier molecular flexibility index (Phi) is 7.92. The Hall–Kier alpha value is -3.23. The average Bonchev–Trinajstić information content (AvgIpc) is 2.84. The second-order valence-electron chi connectivity index (χ2n) is 8.74. The van der Waals surface area contributed by atoms with Crippen molar-refractivity contribution in [3.05, 3.63) is 64.7 Å². The predicted molar refractivity (Wildman–Crippen MR) is 126 cm³/mol. The number of ether oxygens (including phenoxy) is 2. The molecule has 2 aliphatic rings. The highest BCUT2D eigenvalue weighted by Crippen LogP contribution is 2.27. The molecule has 0 spiro atoms. The summed E-state index contributed by atoms with van der Waals surface area (Å²) in [5, 5.41) is 2.32. The number of carbonyl (C=O) groups is 3. The zero-order valence-corrected chi connectivity index (χ0v) is 19.5. The summed E-state index contributed by atoms with van der Waals surface area (Å²) in [6.07, 6.45) is 1.21. The standard InChI is InChI=1S/C26H31N3O5/c1-19-5-4-8-24(22(19)16-29(18-30)23-9-10-25(31)27-26(23)32)34-17-21-7-3-2-6-20(21)15-28-11-13-33-14-12-28/h2-8,18,23H,9-17H2,1H3,(H,27,31,32). The van der Waals surface area contributed by atoms with Crippen LogP contribution in [0, 0.1) is 6.92 Å². The van der Waals surface area contributed by atoms with Gasteiger partial charge >= 0.3 is 0 Å². The van der Waals surface area contributed by atoms with E-state index in [4.69, 9.17) is 9.47 Å². The van der Waals surface area contributed by atoms with Crippen LogP contribution in [0.3, 0.4) is 0 Å². The van der Waals surface area contributed by atoms with Gasteiger partial charge in [0, 0.05) is 31.6 Å². The Morgan fingerprint density at radius 3 is 2.62 bits per heavy atom. The molecule has 0 bridgehead atoms. The second kappa shape index (κ2) is 11.3. The third-order valence-corrected chi connectivity index (χ3v) is 6.45. The van der Waals surface area contributed by atoms with Crippen molar-refractivity contribution in [2.24, 2.45) is 0 Å². The smallest absolute Gasteiger partial charge is 0.249 e. The van der Waals surface area contributed by atoms with Gasteiger partial charge in [-0.1, -0.05) is 36.4 Å². The first-order valence-corrected chi connectivity index (χ1v) is 11.7. The highest BCUT2D eigenvalue weighted by molar-refractivity contribution is 6.00. The SMILES string of the molecule is Cc1cccc(OCc2ccccc2CN2CCOCC2)c1CN(C=O)C1CCC(=O)NC1=O. The molecule has 1 N–H and O–H groups in total. The summed E-state index contributed by atoms with van der Waals surface area (Å²) < 4.78 is 11.7. The fourth-order valence-corrected chi connectivity index (χ4v) is 4.42. The minimum atomic E-state index is -0.670. The van der Waals surface area contributed by atoms with Crippen molar-refractivity contribution in [1.82, 2.24) is 15.1 Å². The van der Waals surface area contributed by atoms with Crippen LogP contribution in [0.1, 0.15) is 35.1 Å². The number of hydrogen-bond donors (Lipinski definition) is 1. The average molecular weight is 466 g/mol. The molecule has 0 aromatic heterocycles. The summed E-state index contributed by atoms with van der Waals surface area (Å²) in [4.78, 5) is 39.5. The fraction of sp³-hybridized carbons (Fsp3) is 0.423. The molecule has 8 nitrogen and oxygen atoms in total. The maximum atomic E-state index is 12.3. The van der Waals surface area contributed by atoms with Crippen LogP contribution in [0.4, 0.5) is 0 Å². The molecule has 180 valence electrons. The molecule has 0 saturated carbocycles. The Morgan fingerprint density at radius 2 is 1.88 bits per heavy atom. The maximum absolute atomic E-state index is 12.3. The van der Waals surface area contributed by atoms with Crippen LogP contribution in [-0.2, 0) is 38.8 Å². The first kappa shape index (κ1) is 23.9. The van der Waals surface area contributed by atoms with Gasteiger partial charge in [-0.25, -0.2) is 0 Å². The Morgan fingerprint density at radius 1 is 1.12 bits per heavy atom. The first-order chi connectivity index (χ1) is 16.5. The lowest BCUT2D eigenvalue weighted by Gasteiger charge is -2.31. The number of hydrogen-bond acceptors (Lipinski definition) is 6. The van der Waals surface area contributed by atoms with E-state index in [9.17, 15) is 14.4 Å². The van der Waals surface area contributed by atoms with Gasteiger partial charge in [-0.05, 0) is 36.1 Å². The largest absolute Gasteiger partial charge is 0.489 e. The molecule has 2 heterocycles. The maximum Gasteiger partial charge on any atom is 0.249 e. The Balaban J connectivity index is 1.48. The van der Waals surface area contributed by atoms with Crippen molar-refractivity contribution >= 4 is 18.2 Å². The van der Waals surface area contributed by atoms with E-state index in [0.29, 0.717) is 25.2 Å². The van der Waals surface area contributed by atoms with Crippen molar-refractivity contribution < 1.29 is 23.9 Å². The quantitative estimate of drug-likeness (QED) is 0.451. The van der Waals surface area contributed by atoms with Gasteiger partial charge in [-0.2, -0.15) is 0 Å². The summed E-state index contributed by atoms with van der Waals surface area (Å²) in [7, 11) is 0. The molecule has 2 aliphatic heterocycles. The van der Waals surface area contributed by atoms with Crippen LogP contribution in [0.2, 0.25) is 0 Å². The van der Waals surface area contributed by atoms with Crippen molar-refractivity contribution in [3.63, 3.8) is 0 Å². The lowest BCUT2D eigenvalue weighted by molar-refractivity contribution is -0.141. The van der Waals surface area contributed by atoms with Gasteiger partial charge in [0.25, 0.3) is 0 Å². The first-order valence-electron chi connectivity index (χ1n) is 11.7. The van der Waals surface area contributed by atoms with Gasteiger partial charge < -0.3 is 14.4 Å². The zero-order valence-electron chi connectivity index (χ0n) is 19.5. The highest BCUT2D eigenvalue weighted by atomic mass is 16.5. The van der Waals surface area contributed by atoms with Crippen molar-refractivity contribution in [1.29, 1.82) is 0 Å². The van der Waals surface area contributed by atoms with E-state index in [1.165, 1.54) is 10.5 Å². The molecule has 0 aliphatic carbocycles. The summed E-state index contributed by atoms with van der Waals surface area (Å²) >= 11 is 0. The lowest BCUT2D eigenvalue weighted by atomic mass is 10.0. The monoisotopic (exact) mass is 465 g/mol. The lowest BCUT2D eigenvalue weighted by Crippen LogP contribution is -2.51. The van der Waals surface area contributed by atoms with Crippen molar-refractivity contribution in [2.45, 2.75) is 45.5 Å². The normalized spacial score (nSPS) is 18.9. The summed E-state index contributed by atoms with van der Waals surface area (Å²) in [6.45, 7) is 6.78. The van der Waals surface area contributed by atoms with Crippen LogP contribution in [0.15, 0.2) is 42.5 Å². The Bertz CT molecular complexity index is 1030. The number of amides is 3. The minimum Gasteiger partial charge on any atom is -0.489 e. The third kappa shape index (κ3) is 5.81. The van der Waals surface area contributed by atoms with E-state index in [2.05, 4.69) is 22.3 Å². The number of nitrogens with zero attached hydrogens (tertiary/aromatic N) is 2. The van der Waals surface area contributed by atoms with Crippen molar-refractivity contribution in [2.75, 3.05) is 26.3 Å². The molecule has 1 unspecified atom stereocenters. The zero-order chi connectivity index (χ0) is 23.9. The molecule has 2 fully saturated rings. The van der Waals surface area contributed by atoms with Gasteiger partial charge in [-0.3, -0.25) is 24.6 Å². The van der Waals surface area contributed by atoms with Gasteiger partial charge in [0.2, 0.25) is 18.2 Å². The molecule has 2 aromatic rings. The van der Waals surface area contributed by atoms with E-state index in [1.807, 2.05) is 37.3 Å². The Labute approximate surface area is 199 Å². The number of morpholine rings is 1. The van der Waals surface area contributed by atoms with E-state index < -0.39 is 11.9 Å². The highest BCUT2D eigenvalue weighted by Gasteiger charge is 2.31. The number of aryl methyl sites for hydroxylation is 1. The number of piperidine rings is 1. The van der Waals surface area contributed by atoms with Crippen LogP contribution < -0.4 is 10.1 Å². The molecule has 8 heteroatoms.